The molecule has 2 aromatic carbocycles. The maximum Gasteiger partial charge on any atom is 0.223 e. The van der Waals surface area contributed by atoms with Gasteiger partial charge in [0.1, 0.15) is 11.5 Å². The highest BCUT2D eigenvalue weighted by Gasteiger charge is 2.15. The molecule has 0 saturated carbocycles. The van der Waals surface area contributed by atoms with Gasteiger partial charge in [0.25, 0.3) is 0 Å². The molecule has 4 aromatic rings. The van der Waals surface area contributed by atoms with Crippen LogP contribution in [0.1, 0.15) is 28.6 Å². The van der Waals surface area contributed by atoms with Gasteiger partial charge in [0.2, 0.25) is 5.88 Å². The summed E-state index contributed by atoms with van der Waals surface area (Å²) in [5, 5.41) is 23.7. The predicted molar refractivity (Wildman–Crippen MR) is 119 cm³/mol. The smallest absolute Gasteiger partial charge is 0.223 e. The number of nitrogens with two attached hydrogens (primary N) is 1. The van der Waals surface area contributed by atoms with Crippen LogP contribution >= 0.6 is 0 Å². The Morgan fingerprint density at radius 2 is 1.97 bits per heavy atom. The van der Waals surface area contributed by atoms with E-state index in [9.17, 15) is 10.4 Å². The number of aliphatic hydroxyl groups is 1. The third-order valence-corrected chi connectivity index (χ3v) is 5.00. The highest BCUT2D eigenvalue weighted by molar-refractivity contribution is 5.64. The third-order valence-electron chi connectivity index (χ3n) is 5.00. The van der Waals surface area contributed by atoms with Crippen molar-refractivity contribution in [2.24, 2.45) is 5.73 Å². The van der Waals surface area contributed by atoms with E-state index < -0.39 is 6.10 Å². The Bertz CT molecular complexity index is 1310. The van der Waals surface area contributed by atoms with Crippen LogP contribution in [0, 0.1) is 25.2 Å². The standard InChI is InChI=1S/C24H22N6O2/c1-15-5-3-4-6-19(15)20-10-24(29-16(2)28-20)32-23-9-17(11-25)7-8-21(23)30-14-18(13-27-30)22(31)12-26/h3-10,13-14,22,31H,12,26H2,1-2H3. The largest absolute Gasteiger partial charge is 0.437 e. The van der Waals surface area contributed by atoms with Gasteiger partial charge in [0.15, 0.2) is 5.75 Å². The van der Waals surface area contributed by atoms with Crippen LogP contribution in [0.5, 0.6) is 11.6 Å². The fraction of sp³-hybridized carbons (Fsp3) is 0.167. The van der Waals surface area contributed by atoms with Crippen LogP contribution in [0.2, 0.25) is 0 Å². The lowest BCUT2D eigenvalue weighted by Gasteiger charge is -2.13. The molecule has 1 unspecified atom stereocenters. The van der Waals surface area contributed by atoms with Gasteiger partial charge in [-0.2, -0.15) is 15.3 Å². The molecule has 3 N–H and O–H groups in total. The van der Waals surface area contributed by atoms with E-state index in [0.29, 0.717) is 34.3 Å². The Morgan fingerprint density at radius 1 is 1.16 bits per heavy atom. The van der Waals surface area contributed by atoms with E-state index in [2.05, 4.69) is 21.1 Å². The third kappa shape index (κ3) is 4.34. The zero-order chi connectivity index (χ0) is 22.7. The van der Waals surface area contributed by atoms with E-state index in [1.54, 1.807) is 48.3 Å². The number of rotatable bonds is 6. The van der Waals surface area contributed by atoms with Crippen molar-refractivity contribution in [3.8, 4) is 34.6 Å². The average Bonchev–Trinajstić information content (AvgIpc) is 3.28. The maximum absolute atomic E-state index is 10.00. The second kappa shape index (κ2) is 8.98. The van der Waals surface area contributed by atoms with Crippen molar-refractivity contribution in [3.63, 3.8) is 0 Å². The molecule has 0 aliphatic heterocycles. The molecular formula is C24H22N6O2. The predicted octanol–water partition coefficient (Wildman–Crippen LogP) is 3.60. The molecule has 2 aromatic heterocycles. The van der Waals surface area contributed by atoms with Crippen molar-refractivity contribution in [1.29, 1.82) is 5.26 Å². The summed E-state index contributed by atoms with van der Waals surface area (Å²) in [6.45, 7) is 3.91. The lowest BCUT2D eigenvalue weighted by atomic mass is 10.1. The Morgan fingerprint density at radius 3 is 2.72 bits per heavy atom. The van der Waals surface area contributed by atoms with Crippen LogP contribution in [0.3, 0.4) is 0 Å². The molecule has 0 aliphatic rings. The van der Waals surface area contributed by atoms with Gasteiger partial charge in [0.05, 0.1) is 29.6 Å². The van der Waals surface area contributed by atoms with Gasteiger partial charge in [-0.3, -0.25) is 0 Å². The van der Waals surface area contributed by atoms with E-state index >= 15 is 0 Å². The summed E-state index contributed by atoms with van der Waals surface area (Å²) in [5.41, 5.74) is 9.98. The summed E-state index contributed by atoms with van der Waals surface area (Å²) in [5.74, 6) is 1.31. The minimum atomic E-state index is -0.812. The molecule has 8 heteroatoms. The molecule has 0 aliphatic carbocycles. The van der Waals surface area contributed by atoms with Gasteiger partial charge in [-0.25, -0.2) is 9.67 Å². The van der Waals surface area contributed by atoms with Crippen LogP contribution in [0.25, 0.3) is 16.9 Å². The van der Waals surface area contributed by atoms with Gasteiger partial charge in [0, 0.05) is 36.0 Å². The molecule has 4 rings (SSSR count). The lowest BCUT2D eigenvalue weighted by molar-refractivity contribution is 0.186. The first-order chi connectivity index (χ1) is 15.5. The maximum atomic E-state index is 10.00. The molecule has 0 bridgehead atoms. The van der Waals surface area contributed by atoms with Gasteiger partial charge in [-0.15, -0.1) is 0 Å². The lowest BCUT2D eigenvalue weighted by Crippen LogP contribution is -2.10. The normalized spacial score (nSPS) is 11.7. The Labute approximate surface area is 185 Å². The molecule has 0 amide bonds. The molecule has 160 valence electrons. The number of nitriles is 1. The van der Waals surface area contributed by atoms with Crippen LogP contribution < -0.4 is 10.5 Å². The number of hydrogen-bond acceptors (Lipinski definition) is 7. The second-order valence-corrected chi connectivity index (χ2v) is 7.32. The molecule has 2 heterocycles. The Balaban J connectivity index is 1.75. The van der Waals surface area contributed by atoms with Gasteiger partial charge in [-0.05, 0) is 31.5 Å². The van der Waals surface area contributed by atoms with Crippen molar-refractivity contribution in [2.75, 3.05) is 6.54 Å². The van der Waals surface area contributed by atoms with E-state index in [1.165, 1.54) is 0 Å². The first-order valence-corrected chi connectivity index (χ1v) is 10.0. The van der Waals surface area contributed by atoms with E-state index in [0.717, 1.165) is 16.8 Å². The fourth-order valence-corrected chi connectivity index (χ4v) is 3.33. The topological polar surface area (TPSA) is 123 Å². The Kier molecular flexibility index (Phi) is 5.94. The summed E-state index contributed by atoms with van der Waals surface area (Å²) in [7, 11) is 0. The highest BCUT2D eigenvalue weighted by Crippen LogP contribution is 2.31. The van der Waals surface area contributed by atoms with Crippen LogP contribution in [0.15, 0.2) is 60.9 Å². The number of aryl methyl sites for hydroxylation is 2. The monoisotopic (exact) mass is 426 g/mol. The molecule has 0 spiro atoms. The second-order valence-electron chi connectivity index (χ2n) is 7.32. The molecule has 0 fully saturated rings. The number of aromatic nitrogens is 4. The van der Waals surface area contributed by atoms with Crippen molar-refractivity contribution < 1.29 is 9.84 Å². The SMILES string of the molecule is Cc1nc(Oc2cc(C#N)ccc2-n2cc(C(O)CN)cn2)cc(-c2ccccc2C)n1. The fourth-order valence-electron chi connectivity index (χ4n) is 3.33. The van der Waals surface area contributed by atoms with Crippen LogP contribution in [-0.4, -0.2) is 31.4 Å². The van der Waals surface area contributed by atoms with Crippen LogP contribution in [-0.2, 0) is 0 Å². The van der Waals surface area contributed by atoms with Gasteiger partial charge >= 0.3 is 0 Å². The minimum absolute atomic E-state index is 0.0876. The quantitative estimate of drug-likeness (QED) is 0.483. The first kappa shape index (κ1) is 21.2. The molecule has 8 nitrogen and oxygen atoms in total. The van der Waals surface area contributed by atoms with E-state index in [1.807, 2.05) is 31.2 Å². The van der Waals surface area contributed by atoms with Gasteiger partial charge < -0.3 is 15.6 Å². The molecule has 0 saturated heterocycles. The molecular weight excluding hydrogens is 404 g/mol. The average molecular weight is 426 g/mol. The zero-order valence-corrected chi connectivity index (χ0v) is 17.7. The summed E-state index contributed by atoms with van der Waals surface area (Å²) in [4.78, 5) is 8.97. The zero-order valence-electron chi connectivity index (χ0n) is 17.7. The summed E-state index contributed by atoms with van der Waals surface area (Å²) >= 11 is 0. The number of benzene rings is 2. The number of nitrogens with zero attached hydrogens (tertiary/aromatic N) is 5. The van der Waals surface area contributed by atoms with Gasteiger partial charge in [-0.1, -0.05) is 24.3 Å². The summed E-state index contributed by atoms with van der Waals surface area (Å²) in [6.07, 6.45) is 2.41. The molecule has 32 heavy (non-hydrogen) atoms. The number of aliphatic hydroxyl groups excluding tert-OH is 1. The van der Waals surface area contributed by atoms with Crippen LogP contribution in [0.4, 0.5) is 0 Å². The van der Waals surface area contributed by atoms with Crippen molar-refractivity contribution in [2.45, 2.75) is 20.0 Å². The first-order valence-electron chi connectivity index (χ1n) is 10.0. The van der Waals surface area contributed by atoms with E-state index in [-0.39, 0.29) is 6.54 Å². The minimum Gasteiger partial charge on any atom is -0.437 e. The van der Waals surface area contributed by atoms with Crippen molar-refractivity contribution in [3.05, 3.63) is 83.4 Å². The summed E-state index contributed by atoms with van der Waals surface area (Å²) in [6, 6.07) is 16.9. The van der Waals surface area contributed by atoms with Crippen molar-refractivity contribution in [1.82, 2.24) is 19.7 Å². The Hall–Kier alpha value is -4.06. The van der Waals surface area contributed by atoms with Crippen molar-refractivity contribution >= 4 is 0 Å². The van der Waals surface area contributed by atoms with E-state index in [4.69, 9.17) is 10.5 Å². The number of ether oxygens (including phenoxy) is 1. The molecule has 0 radical (unpaired) electrons. The molecule has 1 atom stereocenters. The summed E-state index contributed by atoms with van der Waals surface area (Å²) < 4.78 is 7.71. The highest BCUT2D eigenvalue weighted by atomic mass is 16.5. The number of hydrogen-bond donors (Lipinski definition) is 2.